The Morgan fingerprint density at radius 1 is 1.17 bits per heavy atom. The van der Waals surface area contributed by atoms with E-state index in [0.29, 0.717) is 17.1 Å². The van der Waals surface area contributed by atoms with Gasteiger partial charge in [-0.15, -0.1) is 0 Å². The molecular formula is C26H33FN6OS. The summed E-state index contributed by atoms with van der Waals surface area (Å²) in [5.41, 5.74) is 3.87. The first-order valence-corrected chi connectivity index (χ1v) is 12.5. The molecule has 1 aliphatic rings. The largest absolute Gasteiger partial charge is 0.369 e. The van der Waals surface area contributed by atoms with Crippen molar-refractivity contribution in [3.63, 3.8) is 0 Å². The van der Waals surface area contributed by atoms with Crippen LogP contribution < -0.4 is 10.2 Å². The standard InChI is InChI=1S/C26H33FN6OS/c1-4-31-13-15-32(16-14-31)23-10-9-21(27)17-22(23)19(3)28-24(34)11-12-33-25(29-30-26(33)35)20-7-5-18(2)6-8-20/h5-10,17,19H,4,11-16H2,1-3H3,(H,28,34)(H,30,35)/t19-/m0/s1. The van der Waals surface area contributed by atoms with Crippen LogP contribution in [-0.4, -0.2) is 58.3 Å². The van der Waals surface area contributed by atoms with E-state index in [2.05, 4.69) is 32.2 Å². The van der Waals surface area contributed by atoms with E-state index in [1.54, 1.807) is 0 Å². The smallest absolute Gasteiger partial charge is 0.222 e. The second-order valence-corrected chi connectivity index (χ2v) is 9.42. The van der Waals surface area contributed by atoms with E-state index in [1.807, 2.05) is 48.7 Å². The van der Waals surface area contributed by atoms with Crippen LogP contribution in [0.2, 0.25) is 0 Å². The summed E-state index contributed by atoms with van der Waals surface area (Å²) in [6.07, 6.45) is 0.233. The highest BCUT2D eigenvalue weighted by Gasteiger charge is 2.22. The van der Waals surface area contributed by atoms with Crippen LogP contribution in [0.5, 0.6) is 0 Å². The molecule has 1 atom stereocenters. The highest BCUT2D eigenvalue weighted by molar-refractivity contribution is 7.71. The molecule has 0 aliphatic carbocycles. The van der Waals surface area contributed by atoms with Crippen LogP contribution >= 0.6 is 12.2 Å². The molecule has 0 spiro atoms. The van der Waals surface area contributed by atoms with Gasteiger partial charge in [0, 0.05) is 56.0 Å². The molecule has 0 bridgehead atoms. The van der Waals surface area contributed by atoms with Crippen LogP contribution in [0.3, 0.4) is 0 Å². The van der Waals surface area contributed by atoms with Crippen LogP contribution in [0, 0.1) is 17.5 Å². The number of rotatable bonds is 8. The third-order valence-corrected chi connectivity index (χ3v) is 6.94. The zero-order valence-corrected chi connectivity index (χ0v) is 21.4. The number of carbonyl (C=O) groups is 1. The first-order valence-electron chi connectivity index (χ1n) is 12.1. The number of H-pyrrole nitrogens is 1. The summed E-state index contributed by atoms with van der Waals surface area (Å²) in [5.74, 6) is 0.278. The molecule has 2 heterocycles. The molecule has 3 aromatic rings. The highest BCUT2D eigenvalue weighted by Crippen LogP contribution is 2.28. The molecule has 1 aromatic heterocycles. The van der Waals surface area contributed by atoms with Crippen molar-refractivity contribution in [1.29, 1.82) is 0 Å². The lowest BCUT2D eigenvalue weighted by Gasteiger charge is -2.37. The molecule has 2 N–H and O–H groups in total. The third-order valence-electron chi connectivity index (χ3n) is 6.62. The van der Waals surface area contributed by atoms with Crippen LogP contribution in [0.1, 0.15) is 37.4 Å². The Balaban J connectivity index is 1.43. The number of aromatic amines is 1. The molecule has 186 valence electrons. The molecule has 1 aliphatic heterocycles. The summed E-state index contributed by atoms with van der Waals surface area (Å²) in [6, 6.07) is 12.5. The Bertz CT molecular complexity index is 1210. The Hall–Kier alpha value is -3.04. The number of amides is 1. The number of anilines is 1. The van der Waals surface area contributed by atoms with Crippen molar-refractivity contribution in [2.45, 2.75) is 39.8 Å². The Morgan fingerprint density at radius 3 is 2.57 bits per heavy atom. The monoisotopic (exact) mass is 496 g/mol. The van der Waals surface area contributed by atoms with Gasteiger partial charge in [-0.3, -0.25) is 14.5 Å². The summed E-state index contributed by atoms with van der Waals surface area (Å²) in [7, 11) is 0. The van der Waals surface area contributed by atoms with Gasteiger partial charge < -0.3 is 15.1 Å². The number of benzene rings is 2. The van der Waals surface area contributed by atoms with Gasteiger partial charge in [0.15, 0.2) is 10.6 Å². The fourth-order valence-electron chi connectivity index (χ4n) is 4.52. The number of aryl methyl sites for hydroxylation is 1. The van der Waals surface area contributed by atoms with Crippen molar-refractivity contribution in [3.05, 3.63) is 64.2 Å². The fourth-order valence-corrected chi connectivity index (χ4v) is 4.74. The predicted molar refractivity (Wildman–Crippen MR) is 139 cm³/mol. The number of hydrogen-bond acceptors (Lipinski definition) is 5. The van der Waals surface area contributed by atoms with Gasteiger partial charge in [0.2, 0.25) is 5.91 Å². The van der Waals surface area contributed by atoms with Gasteiger partial charge in [0.1, 0.15) is 5.82 Å². The molecule has 0 saturated carbocycles. The van der Waals surface area contributed by atoms with Crippen molar-refractivity contribution < 1.29 is 9.18 Å². The van der Waals surface area contributed by atoms with Crippen molar-refractivity contribution in [3.8, 4) is 11.4 Å². The van der Waals surface area contributed by atoms with E-state index in [4.69, 9.17) is 12.2 Å². The highest BCUT2D eigenvalue weighted by atomic mass is 32.1. The van der Waals surface area contributed by atoms with Gasteiger partial charge in [0.05, 0.1) is 6.04 Å². The maximum Gasteiger partial charge on any atom is 0.222 e. The summed E-state index contributed by atoms with van der Waals surface area (Å²) < 4.78 is 16.5. The van der Waals surface area contributed by atoms with E-state index < -0.39 is 0 Å². The molecule has 0 unspecified atom stereocenters. The summed E-state index contributed by atoms with van der Waals surface area (Å²) in [6.45, 7) is 11.2. The van der Waals surface area contributed by atoms with E-state index >= 15 is 0 Å². The maximum absolute atomic E-state index is 14.2. The van der Waals surface area contributed by atoms with E-state index in [9.17, 15) is 9.18 Å². The van der Waals surface area contributed by atoms with Gasteiger partial charge in [0.25, 0.3) is 0 Å². The maximum atomic E-state index is 14.2. The first-order chi connectivity index (χ1) is 16.9. The number of nitrogens with one attached hydrogen (secondary N) is 2. The summed E-state index contributed by atoms with van der Waals surface area (Å²) in [4.78, 5) is 17.6. The van der Waals surface area contributed by atoms with Gasteiger partial charge in [-0.1, -0.05) is 36.8 Å². The summed E-state index contributed by atoms with van der Waals surface area (Å²) >= 11 is 5.40. The van der Waals surface area contributed by atoms with Crippen LogP contribution in [0.25, 0.3) is 11.4 Å². The number of likely N-dealkylation sites (N-methyl/N-ethyl adjacent to an activating group) is 1. The number of nitrogens with zero attached hydrogens (tertiary/aromatic N) is 4. The van der Waals surface area contributed by atoms with E-state index in [0.717, 1.165) is 55.1 Å². The fraction of sp³-hybridized carbons (Fsp3) is 0.423. The molecule has 9 heteroatoms. The second-order valence-electron chi connectivity index (χ2n) is 9.03. The minimum Gasteiger partial charge on any atom is -0.369 e. The summed E-state index contributed by atoms with van der Waals surface area (Å²) in [5, 5.41) is 10.2. The average Bonchev–Trinajstić information content (AvgIpc) is 3.23. The van der Waals surface area contributed by atoms with Crippen molar-refractivity contribution >= 4 is 23.8 Å². The van der Waals surface area contributed by atoms with Crippen molar-refractivity contribution in [2.24, 2.45) is 0 Å². The molecule has 0 radical (unpaired) electrons. The minimum atomic E-state index is -0.328. The number of carbonyl (C=O) groups excluding carboxylic acids is 1. The number of halogens is 1. The zero-order valence-electron chi connectivity index (χ0n) is 20.6. The van der Waals surface area contributed by atoms with Crippen LogP contribution in [-0.2, 0) is 11.3 Å². The molecule has 35 heavy (non-hydrogen) atoms. The topological polar surface area (TPSA) is 69.2 Å². The Morgan fingerprint density at radius 2 is 1.89 bits per heavy atom. The van der Waals surface area contributed by atoms with Gasteiger partial charge in [-0.05, 0) is 50.8 Å². The SMILES string of the molecule is CCN1CCN(c2ccc(F)cc2[C@H](C)NC(=O)CCn2c(-c3ccc(C)cc3)n[nH]c2=S)CC1. The Labute approximate surface area is 211 Å². The quantitative estimate of drug-likeness (QED) is 0.451. The average molecular weight is 497 g/mol. The van der Waals surface area contributed by atoms with Gasteiger partial charge in [-0.2, -0.15) is 5.10 Å². The Kier molecular flexibility index (Phi) is 7.97. The number of hydrogen-bond donors (Lipinski definition) is 2. The lowest BCUT2D eigenvalue weighted by Crippen LogP contribution is -2.46. The molecule has 1 fully saturated rings. The van der Waals surface area contributed by atoms with E-state index in [-0.39, 0.29) is 24.2 Å². The van der Waals surface area contributed by atoms with Crippen molar-refractivity contribution in [1.82, 2.24) is 25.0 Å². The normalized spacial score (nSPS) is 15.3. The zero-order chi connectivity index (χ0) is 24.9. The third kappa shape index (κ3) is 5.97. The second kappa shape index (κ2) is 11.1. The molecule has 1 amide bonds. The molecule has 4 rings (SSSR count). The lowest BCUT2D eigenvalue weighted by molar-refractivity contribution is -0.121. The number of piperazine rings is 1. The minimum absolute atomic E-state index is 0.124. The lowest BCUT2D eigenvalue weighted by atomic mass is 10.0. The predicted octanol–water partition coefficient (Wildman–Crippen LogP) is 4.46. The number of aromatic nitrogens is 3. The van der Waals surface area contributed by atoms with Crippen LogP contribution in [0.15, 0.2) is 42.5 Å². The van der Waals surface area contributed by atoms with E-state index in [1.165, 1.54) is 12.1 Å². The van der Waals surface area contributed by atoms with Crippen LogP contribution in [0.4, 0.5) is 10.1 Å². The van der Waals surface area contributed by atoms with Crippen molar-refractivity contribution in [2.75, 3.05) is 37.6 Å². The van der Waals surface area contributed by atoms with Gasteiger partial charge >= 0.3 is 0 Å². The molecule has 7 nitrogen and oxygen atoms in total. The molecule has 2 aromatic carbocycles. The van der Waals surface area contributed by atoms with Gasteiger partial charge in [-0.25, -0.2) is 4.39 Å². The molecular weight excluding hydrogens is 463 g/mol. The first kappa shape index (κ1) is 25.1. The molecule has 1 saturated heterocycles.